The fourth-order valence-electron chi connectivity index (χ4n) is 1.91. The van der Waals surface area contributed by atoms with E-state index in [1.54, 1.807) is 6.92 Å². The van der Waals surface area contributed by atoms with Gasteiger partial charge in [-0.25, -0.2) is 4.68 Å². The van der Waals surface area contributed by atoms with Crippen molar-refractivity contribution in [3.63, 3.8) is 0 Å². The van der Waals surface area contributed by atoms with Gasteiger partial charge in [0, 0.05) is 20.4 Å². The lowest BCUT2D eigenvalue weighted by Crippen LogP contribution is -2.23. The lowest BCUT2D eigenvalue weighted by Gasteiger charge is -2.15. The molecule has 1 aromatic rings. The highest BCUT2D eigenvalue weighted by Gasteiger charge is 2.38. The van der Waals surface area contributed by atoms with Gasteiger partial charge in [0.25, 0.3) is 5.92 Å². The van der Waals surface area contributed by atoms with Crippen molar-refractivity contribution in [2.45, 2.75) is 39.2 Å². The Morgan fingerprint density at radius 2 is 2.16 bits per heavy atom. The normalized spacial score (nSPS) is 11.5. The maximum absolute atomic E-state index is 14.0. The lowest BCUT2D eigenvalue weighted by molar-refractivity contribution is -0.119. The maximum atomic E-state index is 14.0. The largest absolute Gasteiger partial charge is 0.481 e. The van der Waals surface area contributed by atoms with Crippen LogP contribution in [0.2, 0.25) is 0 Å². The summed E-state index contributed by atoms with van der Waals surface area (Å²) in [6, 6.07) is 0. The van der Waals surface area contributed by atoms with Gasteiger partial charge in [-0.05, 0) is 0 Å². The number of hydrogen-bond donors (Lipinski definition) is 1. The van der Waals surface area contributed by atoms with Gasteiger partial charge in [0.15, 0.2) is 0 Å². The Kier molecular flexibility index (Phi) is 4.85. The predicted molar refractivity (Wildman–Crippen MR) is 66.1 cm³/mol. The SMILES string of the molecule is CCCC(F)(F)c1nn(C)c(OC)c1CNC(C)=O. The van der Waals surface area contributed by atoms with E-state index in [1.165, 1.54) is 25.8 Å². The lowest BCUT2D eigenvalue weighted by atomic mass is 10.1. The first-order chi connectivity index (χ1) is 8.83. The summed E-state index contributed by atoms with van der Waals surface area (Å²) < 4.78 is 34.4. The molecule has 0 radical (unpaired) electrons. The van der Waals surface area contributed by atoms with E-state index in [4.69, 9.17) is 4.74 Å². The van der Waals surface area contributed by atoms with E-state index in [1.807, 2.05) is 0 Å². The summed E-state index contributed by atoms with van der Waals surface area (Å²) in [6.45, 7) is 2.98. The van der Waals surface area contributed by atoms with Gasteiger partial charge in [-0.3, -0.25) is 4.79 Å². The number of methoxy groups -OCH3 is 1. The van der Waals surface area contributed by atoms with Crippen molar-refractivity contribution in [2.75, 3.05) is 7.11 Å². The van der Waals surface area contributed by atoms with Crippen LogP contribution in [-0.4, -0.2) is 22.8 Å². The fraction of sp³-hybridized carbons (Fsp3) is 0.667. The van der Waals surface area contributed by atoms with E-state index >= 15 is 0 Å². The minimum absolute atomic E-state index is 0.0268. The first-order valence-electron chi connectivity index (χ1n) is 6.06. The third kappa shape index (κ3) is 3.42. The van der Waals surface area contributed by atoms with E-state index < -0.39 is 5.92 Å². The Bertz CT molecular complexity index is 458. The Morgan fingerprint density at radius 1 is 1.53 bits per heavy atom. The number of nitrogens with one attached hydrogen (secondary N) is 1. The van der Waals surface area contributed by atoms with E-state index in [0.717, 1.165) is 0 Å². The van der Waals surface area contributed by atoms with Gasteiger partial charge >= 0.3 is 0 Å². The number of aryl methyl sites for hydroxylation is 1. The molecule has 19 heavy (non-hydrogen) atoms. The molecular formula is C12H19F2N3O2. The highest BCUT2D eigenvalue weighted by Crippen LogP contribution is 2.37. The van der Waals surface area contributed by atoms with E-state index in [2.05, 4.69) is 10.4 Å². The van der Waals surface area contributed by atoms with Gasteiger partial charge in [0.2, 0.25) is 11.8 Å². The smallest absolute Gasteiger partial charge is 0.291 e. The molecule has 0 unspecified atom stereocenters. The molecule has 1 aromatic heterocycles. The number of carbonyl (C=O) groups excluding carboxylic acids is 1. The summed E-state index contributed by atoms with van der Waals surface area (Å²) in [6.07, 6.45) is 0.0473. The molecule has 5 nitrogen and oxygen atoms in total. The second-order valence-corrected chi connectivity index (χ2v) is 4.32. The van der Waals surface area contributed by atoms with Gasteiger partial charge in [-0.15, -0.1) is 0 Å². The zero-order valence-electron chi connectivity index (χ0n) is 11.6. The zero-order chi connectivity index (χ0) is 14.6. The zero-order valence-corrected chi connectivity index (χ0v) is 11.6. The van der Waals surface area contributed by atoms with Crippen LogP contribution in [0.4, 0.5) is 8.78 Å². The van der Waals surface area contributed by atoms with Crippen LogP contribution in [0.1, 0.15) is 37.9 Å². The van der Waals surface area contributed by atoms with Crippen molar-refractivity contribution in [2.24, 2.45) is 7.05 Å². The van der Waals surface area contributed by atoms with Gasteiger partial charge in [-0.2, -0.15) is 13.9 Å². The number of ether oxygens (including phenoxy) is 1. The van der Waals surface area contributed by atoms with Gasteiger partial charge < -0.3 is 10.1 Å². The Labute approximate surface area is 110 Å². The highest BCUT2D eigenvalue weighted by atomic mass is 19.3. The molecule has 0 aliphatic carbocycles. The van der Waals surface area contributed by atoms with Crippen LogP contribution >= 0.6 is 0 Å². The van der Waals surface area contributed by atoms with Crippen LogP contribution in [-0.2, 0) is 24.3 Å². The van der Waals surface area contributed by atoms with Crippen molar-refractivity contribution in [1.82, 2.24) is 15.1 Å². The summed E-state index contributed by atoms with van der Waals surface area (Å²) in [5.41, 5.74) is -0.110. The number of rotatable bonds is 6. The van der Waals surface area contributed by atoms with Crippen molar-refractivity contribution in [3.05, 3.63) is 11.3 Å². The van der Waals surface area contributed by atoms with Crippen molar-refractivity contribution in [1.29, 1.82) is 0 Å². The molecule has 0 saturated carbocycles. The minimum Gasteiger partial charge on any atom is -0.481 e. The average Bonchev–Trinajstić information content (AvgIpc) is 2.63. The van der Waals surface area contributed by atoms with Crippen molar-refractivity contribution >= 4 is 5.91 Å². The molecule has 0 bridgehead atoms. The summed E-state index contributed by atoms with van der Waals surface area (Å²) in [4.78, 5) is 10.9. The van der Waals surface area contributed by atoms with Gasteiger partial charge in [-0.1, -0.05) is 13.3 Å². The van der Waals surface area contributed by atoms with Crippen LogP contribution in [0.25, 0.3) is 0 Å². The summed E-state index contributed by atoms with van der Waals surface area (Å²) >= 11 is 0. The maximum Gasteiger partial charge on any atom is 0.291 e. The van der Waals surface area contributed by atoms with Crippen LogP contribution < -0.4 is 10.1 Å². The van der Waals surface area contributed by atoms with Crippen LogP contribution in [0.15, 0.2) is 0 Å². The highest BCUT2D eigenvalue weighted by molar-refractivity contribution is 5.72. The molecule has 0 saturated heterocycles. The quantitative estimate of drug-likeness (QED) is 0.863. The van der Waals surface area contributed by atoms with E-state index in [0.29, 0.717) is 6.42 Å². The number of hydrogen-bond acceptors (Lipinski definition) is 3. The summed E-state index contributed by atoms with van der Waals surface area (Å²) in [7, 11) is 2.91. The first kappa shape index (κ1) is 15.4. The number of aromatic nitrogens is 2. The van der Waals surface area contributed by atoms with Crippen molar-refractivity contribution < 1.29 is 18.3 Å². The second kappa shape index (κ2) is 5.99. The molecule has 0 fully saturated rings. The Balaban J connectivity index is 3.19. The fourth-order valence-corrected chi connectivity index (χ4v) is 1.91. The minimum atomic E-state index is -3.03. The molecule has 1 rings (SSSR count). The molecule has 0 spiro atoms. The molecule has 1 amide bonds. The monoisotopic (exact) mass is 275 g/mol. The average molecular weight is 275 g/mol. The molecule has 7 heteroatoms. The molecule has 0 aliphatic heterocycles. The van der Waals surface area contributed by atoms with Crippen LogP contribution in [0.3, 0.4) is 0 Å². The number of halogens is 2. The van der Waals surface area contributed by atoms with Crippen LogP contribution in [0, 0.1) is 0 Å². The molecule has 108 valence electrons. The second-order valence-electron chi connectivity index (χ2n) is 4.32. The molecule has 0 atom stereocenters. The summed E-state index contributed by atoms with van der Waals surface area (Å²) in [5.74, 6) is -3.09. The predicted octanol–water partition coefficient (Wildman–Crippen LogP) is 1.96. The molecule has 0 aliphatic rings. The topological polar surface area (TPSA) is 56.1 Å². The Morgan fingerprint density at radius 3 is 2.63 bits per heavy atom. The number of nitrogens with zero attached hydrogens (tertiary/aromatic N) is 2. The van der Waals surface area contributed by atoms with E-state index in [-0.39, 0.29) is 36.0 Å². The molecule has 1 heterocycles. The van der Waals surface area contributed by atoms with Crippen LogP contribution in [0.5, 0.6) is 5.88 Å². The molecule has 0 aromatic carbocycles. The van der Waals surface area contributed by atoms with Gasteiger partial charge in [0.1, 0.15) is 5.69 Å². The standard InChI is InChI=1S/C12H19F2N3O2/c1-5-6-12(13,14)10-9(7-15-8(2)18)11(19-4)17(3)16-10/h5-7H2,1-4H3,(H,15,18). The number of amides is 1. The molecular weight excluding hydrogens is 256 g/mol. The molecule has 1 N–H and O–H groups in total. The summed E-state index contributed by atoms with van der Waals surface area (Å²) in [5, 5.41) is 6.34. The number of alkyl halides is 2. The van der Waals surface area contributed by atoms with Gasteiger partial charge in [0.05, 0.1) is 19.2 Å². The van der Waals surface area contributed by atoms with Crippen molar-refractivity contribution in [3.8, 4) is 5.88 Å². The number of carbonyl (C=O) groups is 1. The first-order valence-corrected chi connectivity index (χ1v) is 6.06. The third-order valence-corrected chi connectivity index (χ3v) is 2.71. The van der Waals surface area contributed by atoms with E-state index in [9.17, 15) is 13.6 Å². The Hall–Kier alpha value is -1.66. The third-order valence-electron chi connectivity index (χ3n) is 2.71.